The van der Waals surface area contributed by atoms with Gasteiger partial charge in [-0.3, -0.25) is 0 Å². The summed E-state index contributed by atoms with van der Waals surface area (Å²) >= 11 is 0. The fourth-order valence-corrected chi connectivity index (χ4v) is 8.62. The Labute approximate surface area is 170 Å². The number of hydrogen-bond donors (Lipinski definition) is 0. The van der Waals surface area contributed by atoms with Crippen LogP contribution in [0.1, 0.15) is 106 Å². The van der Waals surface area contributed by atoms with Gasteiger partial charge in [0.15, 0.2) is 0 Å². The van der Waals surface area contributed by atoms with Gasteiger partial charge in [-0.15, -0.1) is 0 Å². The Morgan fingerprint density at radius 2 is 1.74 bits per heavy atom. The molecule has 0 heteroatoms. The zero-order valence-electron chi connectivity index (χ0n) is 19.2. The van der Waals surface area contributed by atoms with Gasteiger partial charge < -0.3 is 0 Å². The van der Waals surface area contributed by atoms with Gasteiger partial charge in [0.05, 0.1) is 0 Å². The first kappa shape index (κ1) is 20.0. The lowest BCUT2D eigenvalue weighted by atomic mass is 9.46. The van der Waals surface area contributed by atoms with Crippen molar-refractivity contribution >= 4 is 0 Å². The van der Waals surface area contributed by atoms with Crippen LogP contribution in [0.15, 0.2) is 11.6 Å². The van der Waals surface area contributed by atoms with Crippen LogP contribution in [-0.2, 0) is 0 Å². The fourth-order valence-electron chi connectivity index (χ4n) is 8.62. The van der Waals surface area contributed by atoms with Gasteiger partial charge in [-0.05, 0) is 104 Å². The molecule has 8 atom stereocenters. The maximum Gasteiger partial charge on any atom is -0.00851 e. The van der Waals surface area contributed by atoms with Crippen molar-refractivity contribution in [1.82, 2.24) is 0 Å². The second-order valence-corrected chi connectivity index (χ2v) is 12.3. The molecule has 0 amide bonds. The van der Waals surface area contributed by atoms with Gasteiger partial charge in [-0.25, -0.2) is 0 Å². The third-order valence-corrected chi connectivity index (χ3v) is 10.3. The minimum Gasteiger partial charge on any atom is -0.0845 e. The summed E-state index contributed by atoms with van der Waals surface area (Å²) in [7, 11) is 0. The lowest BCUT2D eigenvalue weighted by Crippen LogP contribution is -2.50. The maximum absolute atomic E-state index is 2.75. The fraction of sp³-hybridized carbons (Fsp3) is 0.926. The first-order valence-electron chi connectivity index (χ1n) is 12.4. The summed E-state index contributed by atoms with van der Waals surface area (Å²) in [6.07, 6.45) is 17.5. The van der Waals surface area contributed by atoms with Crippen LogP contribution in [0.4, 0.5) is 0 Å². The Bertz CT molecular complexity index is 571. The quantitative estimate of drug-likeness (QED) is 0.437. The van der Waals surface area contributed by atoms with E-state index in [9.17, 15) is 0 Å². The molecular weight excluding hydrogens is 324 g/mol. The average Bonchev–Trinajstić information content (AvgIpc) is 2.97. The Morgan fingerprint density at radius 1 is 0.963 bits per heavy atom. The maximum atomic E-state index is 2.75. The van der Waals surface area contributed by atoms with Gasteiger partial charge in [0.25, 0.3) is 0 Å². The summed E-state index contributed by atoms with van der Waals surface area (Å²) in [4.78, 5) is 0. The van der Waals surface area contributed by atoms with Crippen molar-refractivity contribution < 1.29 is 0 Å². The SMILES string of the molecule is CC(C)CCC(C)C1CCC2C3CC=C4CC(C)CCC4(C)C3CCC12C. The molecular formula is C27H46. The standard InChI is InChI=1S/C27H46/c1-18(2)7-8-20(4)23-11-12-24-22-10-9-21-17-19(3)13-15-26(21,5)25(22)14-16-27(23,24)6/h9,18-20,22-25H,7-8,10-17H2,1-6H3. The average molecular weight is 371 g/mol. The Kier molecular flexibility index (Phi) is 5.35. The third-order valence-electron chi connectivity index (χ3n) is 10.3. The summed E-state index contributed by atoms with van der Waals surface area (Å²) in [5.41, 5.74) is 3.06. The van der Waals surface area contributed by atoms with E-state index in [2.05, 4.69) is 47.6 Å². The molecule has 0 heterocycles. The minimum absolute atomic E-state index is 0.554. The molecule has 4 rings (SSSR count). The molecule has 4 aliphatic carbocycles. The molecule has 0 aromatic rings. The predicted octanol–water partition coefficient (Wildman–Crippen LogP) is 8.27. The highest BCUT2D eigenvalue weighted by molar-refractivity contribution is 5.25. The topological polar surface area (TPSA) is 0 Å². The van der Waals surface area contributed by atoms with Gasteiger partial charge in [-0.1, -0.05) is 66.0 Å². The normalized spacial score (nSPS) is 47.8. The number of allylic oxidation sites excluding steroid dienone is 2. The second-order valence-electron chi connectivity index (χ2n) is 12.3. The lowest BCUT2D eigenvalue weighted by Gasteiger charge is -2.58. The van der Waals surface area contributed by atoms with E-state index in [0.29, 0.717) is 10.8 Å². The largest absolute Gasteiger partial charge is 0.0845 e. The van der Waals surface area contributed by atoms with Crippen molar-refractivity contribution in [3.8, 4) is 0 Å². The molecule has 0 N–H and O–H groups in total. The smallest absolute Gasteiger partial charge is 0.00851 e. The molecule has 4 aliphatic rings. The van der Waals surface area contributed by atoms with Crippen LogP contribution in [0.3, 0.4) is 0 Å². The molecule has 0 nitrogen and oxygen atoms in total. The van der Waals surface area contributed by atoms with Crippen LogP contribution in [0, 0.1) is 52.3 Å². The van der Waals surface area contributed by atoms with Crippen LogP contribution in [0.25, 0.3) is 0 Å². The van der Waals surface area contributed by atoms with Crippen molar-refractivity contribution in [2.45, 2.75) is 106 Å². The van der Waals surface area contributed by atoms with Gasteiger partial charge in [-0.2, -0.15) is 0 Å². The molecule has 8 unspecified atom stereocenters. The highest BCUT2D eigenvalue weighted by atomic mass is 14.6. The monoisotopic (exact) mass is 370 g/mol. The third kappa shape index (κ3) is 3.26. The zero-order valence-corrected chi connectivity index (χ0v) is 19.2. The van der Waals surface area contributed by atoms with E-state index in [1.807, 2.05) is 5.57 Å². The highest BCUT2D eigenvalue weighted by Gasteiger charge is 2.58. The van der Waals surface area contributed by atoms with Crippen LogP contribution in [-0.4, -0.2) is 0 Å². The van der Waals surface area contributed by atoms with Crippen molar-refractivity contribution in [1.29, 1.82) is 0 Å². The van der Waals surface area contributed by atoms with Crippen LogP contribution < -0.4 is 0 Å². The van der Waals surface area contributed by atoms with Crippen molar-refractivity contribution in [3.05, 3.63) is 11.6 Å². The Morgan fingerprint density at radius 3 is 2.48 bits per heavy atom. The van der Waals surface area contributed by atoms with Crippen LogP contribution >= 0.6 is 0 Å². The first-order chi connectivity index (χ1) is 12.8. The van der Waals surface area contributed by atoms with E-state index < -0.39 is 0 Å². The predicted molar refractivity (Wildman–Crippen MR) is 118 cm³/mol. The molecule has 0 saturated heterocycles. The molecule has 0 radical (unpaired) electrons. The first-order valence-corrected chi connectivity index (χ1v) is 12.4. The van der Waals surface area contributed by atoms with Crippen molar-refractivity contribution in [3.63, 3.8) is 0 Å². The Hall–Kier alpha value is -0.260. The number of hydrogen-bond acceptors (Lipinski definition) is 0. The van der Waals surface area contributed by atoms with Crippen molar-refractivity contribution in [2.24, 2.45) is 52.3 Å². The molecule has 0 bridgehead atoms. The van der Waals surface area contributed by atoms with E-state index in [1.165, 1.54) is 64.2 Å². The summed E-state index contributed by atoms with van der Waals surface area (Å²) in [5.74, 6) is 6.71. The molecule has 3 fully saturated rings. The van der Waals surface area contributed by atoms with Gasteiger partial charge in [0.1, 0.15) is 0 Å². The van der Waals surface area contributed by atoms with Crippen molar-refractivity contribution in [2.75, 3.05) is 0 Å². The molecule has 154 valence electrons. The molecule has 0 aromatic carbocycles. The number of fused-ring (bicyclic) bond motifs is 5. The highest BCUT2D eigenvalue weighted by Crippen LogP contribution is 2.67. The zero-order chi connectivity index (χ0) is 19.4. The Balaban J connectivity index is 1.53. The van der Waals surface area contributed by atoms with E-state index in [-0.39, 0.29) is 0 Å². The molecule has 27 heavy (non-hydrogen) atoms. The summed E-state index contributed by atoms with van der Waals surface area (Å²) in [6.45, 7) is 15.3. The van der Waals surface area contributed by atoms with E-state index >= 15 is 0 Å². The van der Waals surface area contributed by atoms with E-state index in [4.69, 9.17) is 0 Å². The summed E-state index contributed by atoms with van der Waals surface area (Å²) in [6, 6.07) is 0. The molecule has 0 spiro atoms. The van der Waals surface area contributed by atoms with Gasteiger partial charge in [0.2, 0.25) is 0 Å². The molecule has 0 aliphatic heterocycles. The summed E-state index contributed by atoms with van der Waals surface area (Å²) in [5, 5.41) is 0. The number of rotatable bonds is 4. The van der Waals surface area contributed by atoms with Crippen LogP contribution in [0.2, 0.25) is 0 Å². The summed E-state index contributed by atoms with van der Waals surface area (Å²) < 4.78 is 0. The minimum atomic E-state index is 0.554. The van der Waals surface area contributed by atoms with Gasteiger partial charge >= 0.3 is 0 Å². The second kappa shape index (κ2) is 7.21. The van der Waals surface area contributed by atoms with E-state index in [0.717, 1.165) is 41.4 Å². The molecule has 0 aromatic heterocycles. The van der Waals surface area contributed by atoms with E-state index in [1.54, 1.807) is 0 Å². The molecule has 3 saturated carbocycles. The van der Waals surface area contributed by atoms with Crippen LogP contribution in [0.5, 0.6) is 0 Å². The van der Waals surface area contributed by atoms with Gasteiger partial charge in [0, 0.05) is 0 Å². The lowest BCUT2D eigenvalue weighted by molar-refractivity contribution is -0.0524.